The van der Waals surface area contributed by atoms with E-state index < -0.39 is 0 Å². The molecule has 0 unspecified atom stereocenters. The van der Waals surface area contributed by atoms with Gasteiger partial charge in [0.25, 0.3) is 5.91 Å². The average Bonchev–Trinajstić information content (AvgIpc) is 2.50. The fourth-order valence-electron chi connectivity index (χ4n) is 2.88. The second-order valence-electron chi connectivity index (χ2n) is 5.39. The van der Waals surface area contributed by atoms with Crippen molar-refractivity contribution in [1.82, 2.24) is 4.90 Å². The number of hydrogen-bond acceptors (Lipinski definition) is 3. The second kappa shape index (κ2) is 6.75. The Kier molecular flexibility index (Phi) is 5.01. The maximum Gasteiger partial charge on any atom is 0.254 e. The van der Waals surface area contributed by atoms with Gasteiger partial charge in [0.05, 0.1) is 7.11 Å². The van der Waals surface area contributed by atoms with Crippen molar-refractivity contribution in [1.29, 1.82) is 0 Å². The summed E-state index contributed by atoms with van der Waals surface area (Å²) < 4.78 is 5.13. The summed E-state index contributed by atoms with van der Waals surface area (Å²) in [5, 5.41) is 0. The van der Waals surface area contributed by atoms with Crippen LogP contribution >= 0.6 is 0 Å². The van der Waals surface area contributed by atoms with Crippen molar-refractivity contribution in [2.75, 3.05) is 13.7 Å². The van der Waals surface area contributed by atoms with Crippen LogP contribution in [0.1, 0.15) is 43.0 Å². The molecule has 20 heavy (non-hydrogen) atoms. The summed E-state index contributed by atoms with van der Waals surface area (Å²) >= 11 is 0. The molecule has 0 aromatic heterocycles. The molecule has 4 nitrogen and oxygen atoms in total. The fraction of sp³-hybridized carbons (Fsp3) is 0.562. The normalized spacial score (nSPS) is 22.4. The van der Waals surface area contributed by atoms with Crippen molar-refractivity contribution in [2.24, 2.45) is 5.73 Å². The number of methoxy groups -OCH3 is 1. The molecule has 2 rings (SSSR count). The van der Waals surface area contributed by atoms with Gasteiger partial charge in [-0.25, -0.2) is 0 Å². The van der Waals surface area contributed by atoms with Crippen molar-refractivity contribution < 1.29 is 9.53 Å². The minimum Gasteiger partial charge on any atom is -0.497 e. The number of rotatable bonds is 4. The van der Waals surface area contributed by atoms with Gasteiger partial charge in [-0.3, -0.25) is 4.79 Å². The maximum absolute atomic E-state index is 12.6. The highest BCUT2D eigenvalue weighted by Crippen LogP contribution is 2.24. The van der Waals surface area contributed by atoms with Crippen LogP contribution < -0.4 is 10.5 Å². The minimum absolute atomic E-state index is 0.107. The maximum atomic E-state index is 12.6. The Labute approximate surface area is 120 Å². The molecule has 1 aliphatic carbocycles. The Hall–Kier alpha value is -1.55. The summed E-state index contributed by atoms with van der Waals surface area (Å²) in [6, 6.07) is 7.96. The smallest absolute Gasteiger partial charge is 0.254 e. The van der Waals surface area contributed by atoms with Crippen LogP contribution in [0.3, 0.4) is 0 Å². The van der Waals surface area contributed by atoms with Crippen LogP contribution in [0.5, 0.6) is 5.75 Å². The van der Waals surface area contributed by atoms with E-state index in [0.717, 1.165) is 43.5 Å². The number of carbonyl (C=O) groups excluding carboxylic acids is 1. The van der Waals surface area contributed by atoms with Gasteiger partial charge >= 0.3 is 0 Å². The number of benzene rings is 1. The topological polar surface area (TPSA) is 55.6 Å². The Morgan fingerprint density at radius 3 is 2.35 bits per heavy atom. The molecule has 0 heterocycles. The molecule has 1 aromatic carbocycles. The highest BCUT2D eigenvalue weighted by Gasteiger charge is 2.27. The molecular formula is C16H24N2O2. The van der Waals surface area contributed by atoms with Crippen molar-refractivity contribution in [3.05, 3.63) is 29.8 Å². The second-order valence-corrected chi connectivity index (χ2v) is 5.39. The molecular weight excluding hydrogens is 252 g/mol. The lowest BCUT2D eigenvalue weighted by atomic mass is 9.90. The van der Waals surface area contributed by atoms with Gasteiger partial charge in [-0.1, -0.05) is 0 Å². The largest absolute Gasteiger partial charge is 0.497 e. The van der Waals surface area contributed by atoms with E-state index in [9.17, 15) is 4.79 Å². The fourth-order valence-corrected chi connectivity index (χ4v) is 2.88. The zero-order valence-corrected chi connectivity index (χ0v) is 12.3. The molecule has 0 bridgehead atoms. The number of nitrogens with two attached hydrogens (primary N) is 1. The molecule has 0 aliphatic heterocycles. The van der Waals surface area contributed by atoms with Crippen LogP contribution in [-0.2, 0) is 0 Å². The summed E-state index contributed by atoms with van der Waals surface area (Å²) in [4.78, 5) is 14.6. The van der Waals surface area contributed by atoms with Crippen LogP contribution in [0, 0.1) is 0 Å². The molecule has 2 N–H and O–H groups in total. The van der Waals surface area contributed by atoms with E-state index in [1.165, 1.54) is 0 Å². The van der Waals surface area contributed by atoms with Gasteiger partial charge in [0.15, 0.2) is 0 Å². The predicted octanol–water partition coefficient (Wildman–Crippen LogP) is 2.43. The van der Waals surface area contributed by atoms with Crippen LogP contribution in [0.4, 0.5) is 0 Å². The van der Waals surface area contributed by atoms with E-state index in [-0.39, 0.29) is 5.91 Å². The third-order valence-electron chi connectivity index (χ3n) is 4.12. The first-order chi connectivity index (χ1) is 9.65. The summed E-state index contributed by atoms with van der Waals surface area (Å²) in [5.41, 5.74) is 6.66. The quantitative estimate of drug-likeness (QED) is 0.919. The van der Waals surface area contributed by atoms with E-state index in [1.54, 1.807) is 7.11 Å². The lowest BCUT2D eigenvalue weighted by Gasteiger charge is -2.35. The standard InChI is InChI=1S/C16H24N2O2/c1-3-18(14-8-6-13(17)7-9-14)16(19)12-4-10-15(20-2)11-5-12/h4-5,10-11,13-14H,3,6-9,17H2,1-2H3. The van der Waals surface area contributed by atoms with Crippen molar-refractivity contribution in [2.45, 2.75) is 44.7 Å². The number of amides is 1. The van der Waals surface area contributed by atoms with Crippen LogP contribution in [0.25, 0.3) is 0 Å². The first kappa shape index (κ1) is 14.9. The monoisotopic (exact) mass is 276 g/mol. The molecule has 0 atom stereocenters. The van der Waals surface area contributed by atoms with E-state index in [2.05, 4.69) is 0 Å². The van der Waals surface area contributed by atoms with Crippen LogP contribution in [-0.4, -0.2) is 36.5 Å². The SMILES string of the molecule is CCN(C(=O)c1ccc(OC)cc1)C1CCC(N)CC1. The molecule has 1 amide bonds. The lowest BCUT2D eigenvalue weighted by Crippen LogP contribution is -2.44. The van der Waals surface area contributed by atoms with Gasteiger partial charge < -0.3 is 15.4 Å². The molecule has 1 aromatic rings. The van der Waals surface area contributed by atoms with E-state index in [4.69, 9.17) is 10.5 Å². The van der Waals surface area contributed by atoms with Gasteiger partial charge in [0, 0.05) is 24.2 Å². The Bertz CT molecular complexity index is 436. The molecule has 0 radical (unpaired) electrons. The van der Waals surface area contributed by atoms with Crippen LogP contribution in [0.15, 0.2) is 24.3 Å². The van der Waals surface area contributed by atoms with Crippen LogP contribution in [0.2, 0.25) is 0 Å². The Morgan fingerprint density at radius 1 is 1.25 bits per heavy atom. The van der Waals surface area contributed by atoms with Crippen molar-refractivity contribution in [3.63, 3.8) is 0 Å². The zero-order chi connectivity index (χ0) is 14.5. The molecule has 1 aliphatic rings. The van der Waals surface area contributed by atoms with E-state index in [1.807, 2.05) is 36.1 Å². The number of nitrogens with zero attached hydrogens (tertiary/aromatic N) is 1. The molecule has 0 spiro atoms. The highest BCUT2D eigenvalue weighted by atomic mass is 16.5. The molecule has 1 saturated carbocycles. The molecule has 0 saturated heterocycles. The van der Waals surface area contributed by atoms with Crippen molar-refractivity contribution >= 4 is 5.91 Å². The highest BCUT2D eigenvalue weighted by molar-refractivity contribution is 5.94. The van der Waals surface area contributed by atoms with Gasteiger partial charge in [-0.05, 0) is 56.9 Å². The number of hydrogen-bond donors (Lipinski definition) is 1. The molecule has 4 heteroatoms. The average molecular weight is 276 g/mol. The Balaban J connectivity index is 2.07. The third-order valence-corrected chi connectivity index (χ3v) is 4.12. The van der Waals surface area contributed by atoms with E-state index >= 15 is 0 Å². The predicted molar refractivity (Wildman–Crippen MR) is 79.9 cm³/mol. The van der Waals surface area contributed by atoms with Gasteiger partial charge in [-0.2, -0.15) is 0 Å². The third kappa shape index (κ3) is 3.31. The minimum atomic E-state index is 0.107. The summed E-state index contributed by atoms with van der Waals surface area (Å²) in [6.45, 7) is 2.78. The lowest BCUT2D eigenvalue weighted by molar-refractivity contribution is 0.0640. The number of carbonyl (C=O) groups is 1. The summed E-state index contributed by atoms with van der Waals surface area (Å²) in [5.74, 6) is 0.879. The van der Waals surface area contributed by atoms with E-state index in [0.29, 0.717) is 12.1 Å². The summed E-state index contributed by atoms with van der Waals surface area (Å²) in [6.07, 6.45) is 4.04. The molecule has 1 fully saturated rings. The van der Waals surface area contributed by atoms with Gasteiger partial charge in [0.2, 0.25) is 0 Å². The zero-order valence-electron chi connectivity index (χ0n) is 12.3. The summed E-state index contributed by atoms with van der Waals surface area (Å²) in [7, 11) is 1.63. The molecule has 110 valence electrons. The Morgan fingerprint density at radius 2 is 1.85 bits per heavy atom. The first-order valence-electron chi connectivity index (χ1n) is 7.36. The van der Waals surface area contributed by atoms with Gasteiger partial charge in [-0.15, -0.1) is 0 Å². The van der Waals surface area contributed by atoms with Crippen molar-refractivity contribution in [3.8, 4) is 5.75 Å². The first-order valence-corrected chi connectivity index (χ1v) is 7.36. The number of ether oxygens (including phenoxy) is 1. The van der Waals surface area contributed by atoms with Gasteiger partial charge in [0.1, 0.15) is 5.75 Å².